The normalized spacial score (nSPS) is 10.9. The first-order valence-electron chi connectivity index (χ1n) is 10.7. The molecule has 34 heavy (non-hydrogen) atoms. The number of halogens is 1. The van der Waals surface area contributed by atoms with Gasteiger partial charge in [0, 0.05) is 12.1 Å². The van der Waals surface area contributed by atoms with Crippen molar-refractivity contribution in [1.82, 2.24) is 9.55 Å². The van der Waals surface area contributed by atoms with Gasteiger partial charge in [0.1, 0.15) is 11.6 Å². The van der Waals surface area contributed by atoms with Crippen LogP contribution < -0.4 is 21.9 Å². The molecule has 2 heterocycles. The highest BCUT2D eigenvalue weighted by molar-refractivity contribution is 6.33. The third-order valence-electron chi connectivity index (χ3n) is 5.32. The monoisotopic (exact) mass is 478 g/mol. The van der Waals surface area contributed by atoms with Crippen molar-refractivity contribution >= 4 is 29.0 Å². The van der Waals surface area contributed by atoms with E-state index in [1.807, 2.05) is 43.3 Å². The van der Waals surface area contributed by atoms with E-state index in [1.165, 1.54) is 15.5 Å². The van der Waals surface area contributed by atoms with Gasteiger partial charge >= 0.3 is 5.69 Å². The molecule has 0 aliphatic rings. The topological polar surface area (TPSA) is 114 Å². The minimum atomic E-state index is -0.744. The molecule has 0 radical (unpaired) electrons. The molecule has 2 aromatic carbocycles. The Balaban J connectivity index is 1.75. The van der Waals surface area contributed by atoms with Crippen molar-refractivity contribution in [2.24, 2.45) is 0 Å². The molecule has 4 aromatic rings. The zero-order valence-electron chi connectivity index (χ0n) is 18.5. The molecule has 0 fully saturated rings. The molecule has 4 rings (SSSR count). The molecule has 0 unspecified atom stereocenters. The fraction of sp³-hybridized carbons (Fsp3) is 0.160. The summed E-state index contributed by atoms with van der Waals surface area (Å²) < 4.78 is 7.03. The van der Waals surface area contributed by atoms with Crippen LogP contribution in [0.2, 0.25) is 5.02 Å². The predicted molar refractivity (Wildman–Crippen MR) is 132 cm³/mol. The highest BCUT2D eigenvalue weighted by atomic mass is 35.5. The number of hydrogen-bond acceptors (Lipinski definition) is 5. The smallest absolute Gasteiger partial charge is 0.330 e. The van der Waals surface area contributed by atoms with E-state index in [0.29, 0.717) is 22.8 Å². The summed E-state index contributed by atoms with van der Waals surface area (Å²) in [5, 5.41) is 0.481. The van der Waals surface area contributed by atoms with Crippen molar-refractivity contribution in [1.29, 1.82) is 0 Å². The number of carbonyl (C=O) groups is 1. The van der Waals surface area contributed by atoms with Gasteiger partial charge in [0.25, 0.3) is 11.5 Å². The number of anilines is 2. The van der Waals surface area contributed by atoms with Gasteiger partial charge in [-0.1, -0.05) is 61.0 Å². The molecular weight excluding hydrogens is 456 g/mol. The molecule has 0 atom stereocenters. The molecule has 174 valence electrons. The Kier molecular flexibility index (Phi) is 6.70. The fourth-order valence-corrected chi connectivity index (χ4v) is 3.92. The molecule has 0 saturated carbocycles. The molecule has 1 amide bonds. The van der Waals surface area contributed by atoms with Crippen molar-refractivity contribution in [2.45, 2.75) is 19.9 Å². The van der Waals surface area contributed by atoms with Gasteiger partial charge in [-0.25, -0.2) is 4.79 Å². The second-order valence-corrected chi connectivity index (χ2v) is 8.07. The molecule has 2 aromatic heterocycles. The molecule has 0 bridgehead atoms. The standard InChI is InChI=1S/C25H23ClN4O4/c1-2-14-29(24(32)20-13-12-19(34-20)17-10-6-7-11-18(17)26)21-22(27)30(25(33)28-23(21)31)15-16-8-4-3-5-9-16/h3-13H,2,14-15,27H2,1H3,(H,28,31,33). The molecular formula is C25H23ClN4O4. The number of amides is 1. The van der Waals surface area contributed by atoms with E-state index in [4.69, 9.17) is 21.8 Å². The largest absolute Gasteiger partial charge is 0.451 e. The van der Waals surface area contributed by atoms with Crippen LogP contribution in [0.1, 0.15) is 29.5 Å². The fourth-order valence-electron chi connectivity index (χ4n) is 3.69. The minimum absolute atomic E-state index is 0.0166. The first-order chi connectivity index (χ1) is 16.4. The van der Waals surface area contributed by atoms with Gasteiger partial charge < -0.3 is 10.2 Å². The van der Waals surface area contributed by atoms with Crippen molar-refractivity contribution in [3.05, 3.63) is 104 Å². The van der Waals surface area contributed by atoms with Crippen LogP contribution in [0.3, 0.4) is 0 Å². The van der Waals surface area contributed by atoms with Crippen LogP contribution in [0.5, 0.6) is 0 Å². The number of benzene rings is 2. The molecule has 0 aliphatic carbocycles. The number of nitrogen functional groups attached to an aromatic ring is 1. The number of nitrogens with two attached hydrogens (primary N) is 1. The maximum atomic E-state index is 13.4. The lowest BCUT2D eigenvalue weighted by Crippen LogP contribution is -2.41. The van der Waals surface area contributed by atoms with Crippen LogP contribution in [0.4, 0.5) is 11.5 Å². The second kappa shape index (κ2) is 9.84. The maximum absolute atomic E-state index is 13.4. The van der Waals surface area contributed by atoms with E-state index in [9.17, 15) is 14.4 Å². The Hall–Kier alpha value is -4.04. The van der Waals surface area contributed by atoms with E-state index in [-0.39, 0.29) is 30.4 Å². The zero-order chi connectivity index (χ0) is 24.2. The number of rotatable bonds is 7. The van der Waals surface area contributed by atoms with Crippen molar-refractivity contribution < 1.29 is 9.21 Å². The van der Waals surface area contributed by atoms with Gasteiger partial charge in [-0.3, -0.25) is 24.0 Å². The predicted octanol–water partition coefficient (Wildman–Crippen LogP) is 4.14. The van der Waals surface area contributed by atoms with E-state index in [2.05, 4.69) is 4.98 Å². The minimum Gasteiger partial charge on any atom is -0.451 e. The third-order valence-corrected chi connectivity index (χ3v) is 5.65. The van der Waals surface area contributed by atoms with Crippen LogP contribution in [0, 0.1) is 0 Å². The van der Waals surface area contributed by atoms with Gasteiger partial charge in [-0.05, 0) is 36.2 Å². The van der Waals surface area contributed by atoms with Gasteiger partial charge in [0.2, 0.25) is 0 Å². The Morgan fingerprint density at radius 1 is 1.06 bits per heavy atom. The summed E-state index contributed by atoms with van der Waals surface area (Å²) in [5.74, 6) is -0.219. The van der Waals surface area contributed by atoms with E-state index in [1.54, 1.807) is 24.3 Å². The SMILES string of the molecule is CCCN(C(=O)c1ccc(-c2ccccc2Cl)o1)c1c(N)n(Cc2ccccc2)c(=O)[nH]c1=O. The number of aromatic nitrogens is 2. The zero-order valence-corrected chi connectivity index (χ0v) is 19.2. The van der Waals surface area contributed by atoms with E-state index >= 15 is 0 Å². The summed E-state index contributed by atoms with van der Waals surface area (Å²) in [6.45, 7) is 2.20. The summed E-state index contributed by atoms with van der Waals surface area (Å²) >= 11 is 6.25. The Morgan fingerprint density at radius 3 is 2.47 bits per heavy atom. The number of hydrogen-bond donors (Lipinski definition) is 2. The number of aromatic amines is 1. The van der Waals surface area contributed by atoms with Crippen molar-refractivity contribution in [2.75, 3.05) is 17.2 Å². The van der Waals surface area contributed by atoms with Crippen LogP contribution >= 0.6 is 11.6 Å². The van der Waals surface area contributed by atoms with E-state index < -0.39 is 17.2 Å². The van der Waals surface area contributed by atoms with Gasteiger partial charge in [-0.15, -0.1) is 0 Å². The molecule has 0 spiro atoms. The number of nitrogens with one attached hydrogen (secondary N) is 1. The lowest BCUT2D eigenvalue weighted by molar-refractivity contribution is 0.0960. The highest BCUT2D eigenvalue weighted by Gasteiger charge is 2.27. The third kappa shape index (κ3) is 4.53. The van der Waals surface area contributed by atoms with Crippen LogP contribution in [-0.4, -0.2) is 22.0 Å². The summed E-state index contributed by atoms with van der Waals surface area (Å²) in [6, 6.07) is 19.5. The highest BCUT2D eigenvalue weighted by Crippen LogP contribution is 2.30. The van der Waals surface area contributed by atoms with Crippen LogP contribution in [0.15, 0.2) is 80.7 Å². The second-order valence-electron chi connectivity index (χ2n) is 7.67. The number of nitrogens with zero attached hydrogens (tertiary/aromatic N) is 2. The first-order valence-corrected chi connectivity index (χ1v) is 11.1. The summed E-state index contributed by atoms with van der Waals surface area (Å²) in [4.78, 5) is 42.3. The Labute approximate surface area is 200 Å². The summed E-state index contributed by atoms with van der Waals surface area (Å²) in [5.41, 5.74) is 6.26. The Morgan fingerprint density at radius 2 is 1.76 bits per heavy atom. The lowest BCUT2D eigenvalue weighted by Gasteiger charge is -2.23. The van der Waals surface area contributed by atoms with Gasteiger partial charge in [0.15, 0.2) is 11.4 Å². The maximum Gasteiger partial charge on any atom is 0.330 e. The molecule has 0 aliphatic heterocycles. The van der Waals surface area contributed by atoms with Gasteiger partial charge in [-0.2, -0.15) is 0 Å². The van der Waals surface area contributed by atoms with Crippen molar-refractivity contribution in [3.8, 4) is 11.3 Å². The number of H-pyrrole nitrogens is 1. The molecule has 8 nitrogen and oxygen atoms in total. The molecule has 0 saturated heterocycles. The molecule has 3 N–H and O–H groups in total. The molecule has 9 heteroatoms. The summed E-state index contributed by atoms with van der Waals surface area (Å²) in [7, 11) is 0. The number of carbonyl (C=O) groups excluding carboxylic acids is 1. The number of furan rings is 1. The quantitative estimate of drug-likeness (QED) is 0.414. The van der Waals surface area contributed by atoms with Crippen LogP contribution in [0.25, 0.3) is 11.3 Å². The first kappa shape index (κ1) is 23.1. The Bertz CT molecular complexity index is 1440. The van der Waals surface area contributed by atoms with Crippen LogP contribution in [-0.2, 0) is 6.54 Å². The van der Waals surface area contributed by atoms with Crippen molar-refractivity contribution in [3.63, 3.8) is 0 Å². The average molecular weight is 479 g/mol. The summed E-state index contributed by atoms with van der Waals surface area (Å²) in [6.07, 6.45) is 0.542. The van der Waals surface area contributed by atoms with E-state index in [0.717, 1.165) is 5.56 Å². The average Bonchev–Trinajstić information content (AvgIpc) is 3.32. The van der Waals surface area contributed by atoms with Gasteiger partial charge in [0.05, 0.1) is 11.6 Å². The lowest BCUT2D eigenvalue weighted by atomic mass is 10.2.